The van der Waals surface area contributed by atoms with Crippen LogP contribution in [0.25, 0.3) is 0 Å². The summed E-state index contributed by atoms with van der Waals surface area (Å²) >= 11 is 7.22. The molecule has 2 aliphatic heterocycles. The predicted molar refractivity (Wildman–Crippen MR) is 124 cm³/mol. The minimum atomic E-state index is -0.134. The van der Waals surface area contributed by atoms with Gasteiger partial charge in [-0.05, 0) is 49.9 Å². The zero-order valence-corrected chi connectivity index (χ0v) is 19.1. The number of nitrogens with one attached hydrogen (secondary N) is 1. The van der Waals surface area contributed by atoms with Gasteiger partial charge in [0.05, 0.1) is 22.0 Å². The van der Waals surface area contributed by atoms with Crippen LogP contribution in [0, 0.1) is 5.41 Å². The molecular weight excluding hydrogens is 434 g/mol. The van der Waals surface area contributed by atoms with Gasteiger partial charge in [0.15, 0.2) is 5.78 Å². The molecule has 0 spiro atoms. The van der Waals surface area contributed by atoms with Gasteiger partial charge in [-0.15, -0.1) is 11.3 Å². The fourth-order valence-corrected chi connectivity index (χ4v) is 5.01. The van der Waals surface area contributed by atoms with E-state index in [-0.39, 0.29) is 11.9 Å². The summed E-state index contributed by atoms with van der Waals surface area (Å²) in [5.41, 5.74) is 2.53. The molecule has 31 heavy (non-hydrogen) atoms. The standard InChI is InChI=1S/C23H26ClN3O3S/c1-29-20-13-15(23(25)27-11-3-2-4-12-27)5-7-17(20)18-14-16(30-26-18)6-8-19(28)21-9-10-22(24)31-21/h5,7,9-10,13,16,25H,2-4,6,8,11-12,14H2,1H3. The van der Waals surface area contributed by atoms with Gasteiger partial charge in [-0.1, -0.05) is 22.8 Å². The molecule has 1 aromatic carbocycles. The average Bonchev–Trinajstić information content (AvgIpc) is 3.46. The Hall–Kier alpha value is -2.38. The van der Waals surface area contributed by atoms with Crippen LogP contribution < -0.4 is 4.74 Å². The van der Waals surface area contributed by atoms with Crippen molar-refractivity contribution in [3.8, 4) is 5.75 Å². The van der Waals surface area contributed by atoms with Crippen molar-refractivity contribution >= 4 is 40.3 Å². The number of hydrogen-bond donors (Lipinski definition) is 1. The van der Waals surface area contributed by atoms with Crippen LogP contribution in [0.5, 0.6) is 5.75 Å². The van der Waals surface area contributed by atoms with E-state index in [1.54, 1.807) is 19.2 Å². The van der Waals surface area contributed by atoms with Crippen molar-refractivity contribution in [2.24, 2.45) is 5.16 Å². The minimum Gasteiger partial charge on any atom is -0.496 e. The average molecular weight is 460 g/mol. The van der Waals surface area contributed by atoms with Crippen molar-refractivity contribution in [1.82, 2.24) is 4.90 Å². The van der Waals surface area contributed by atoms with Crippen LogP contribution in [-0.4, -0.2) is 48.5 Å². The maximum Gasteiger partial charge on any atom is 0.172 e. The lowest BCUT2D eigenvalue weighted by atomic mass is 9.99. The Kier molecular flexibility index (Phi) is 6.92. The highest BCUT2D eigenvalue weighted by molar-refractivity contribution is 7.18. The molecule has 3 heterocycles. The molecule has 1 atom stereocenters. The van der Waals surface area contributed by atoms with Crippen molar-refractivity contribution in [3.63, 3.8) is 0 Å². The number of ether oxygens (including phenoxy) is 1. The summed E-state index contributed by atoms with van der Waals surface area (Å²) in [6.07, 6.45) is 4.99. The fourth-order valence-electron chi connectivity index (χ4n) is 4.00. The molecular formula is C23H26ClN3O3S. The second-order valence-corrected chi connectivity index (χ2v) is 9.56. The molecule has 2 aliphatic rings. The number of nitrogens with zero attached hydrogens (tertiary/aromatic N) is 2. The Labute approximate surface area is 191 Å². The van der Waals surface area contributed by atoms with Gasteiger partial charge in [0.2, 0.25) is 0 Å². The van der Waals surface area contributed by atoms with Crippen LogP contribution in [0.1, 0.15) is 59.3 Å². The summed E-state index contributed by atoms with van der Waals surface area (Å²) in [6.45, 7) is 1.86. The van der Waals surface area contributed by atoms with Gasteiger partial charge in [-0.3, -0.25) is 10.2 Å². The van der Waals surface area contributed by atoms with Crippen molar-refractivity contribution in [1.29, 1.82) is 5.41 Å². The molecule has 0 amide bonds. The summed E-state index contributed by atoms with van der Waals surface area (Å²) in [7, 11) is 1.63. The highest BCUT2D eigenvalue weighted by Crippen LogP contribution is 2.29. The molecule has 1 aromatic heterocycles. The molecule has 2 aromatic rings. The van der Waals surface area contributed by atoms with E-state index in [0.29, 0.717) is 40.1 Å². The lowest BCUT2D eigenvalue weighted by molar-refractivity contribution is 0.0720. The summed E-state index contributed by atoms with van der Waals surface area (Å²) in [6, 6.07) is 9.32. The molecule has 8 heteroatoms. The Morgan fingerprint density at radius 2 is 2.10 bits per heavy atom. The van der Waals surface area contributed by atoms with Crippen molar-refractivity contribution in [2.75, 3.05) is 20.2 Å². The molecule has 164 valence electrons. The molecule has 1 unspecified atom stereocenters. The predicted octanol–water partition coefficient (Wildman–Crippen LogP) is 5.38. The molecule has 4 rings (SSSR count). The molecule has 0 saturated carbocycles. The van der Waals surface area contributed by atoms with Crippen LogP contribution in [0.4, 0.5) is 0 Å². The van der Waals surface area contributed by atoms with Gasteiger partial charge in [-0.25, -0.2) is 0 Å². The fraction of sp³-hybridized carbons (Fsp3) is 0.435. The summed E-state index contributed by atoms with van der Waals surface area (Å²) in [5.74, 6) is 1.30. The number of piperidine rings is 1. The summed E-state index contributed by atoms with van der Waals surface area (Å²) in [5, 5.41) is 12.8. The van der Waals surface area contributed by atoms with Crippen molar-refractivity contribution in [3.05, 3.63) is 50.7 Å². The van der Waals surface area contributed by atoms with E-state index in [1.165, 1.54) is 17.8 Å². The maximum absolute atomic E-state index is 12.3. The molecule has 1 N–H and O–H groups in total. The second kappa shape index (κ2) is 9.83. The SMILES string of the molecule is COc1cc(C(=N)N2CCCCC2)ccc1C1=NOC(CCC(=O)c2ccc(Cl)s2)C1. The van der Waals surface area contributed by atoms with E-state index in [2.05, 4.69) is 10.1 Å². The number of Topliss-reactive ketones (excluding diaryl/α,β-unsaturated/α-hetero) is 1. The van der Waals surface area contributed by atoms with Crippen molar-refractivity contribution in [2.45, 2.75) is 44.6 Å². The molecule has 1 fully saturated rings. The van der Waals surface area contributed by atoms with Gasteiger partial charge < -0.3 is 14.5 Å². The quantitative estimate of drug-likeness (QED) is 0.342. The smallest absolute Gasteiger partial charge is 0.172 e. The molecule has 0 bridgehead atoms. The highest BCUT2D eigenvalue weighted by Gasteiger charge is 2.26. The van der Waals surface area contributed by atoms with Crippen LogP contribution in [0.15, 0.2) is 35.5 Å². The number of hydrogen-bond acceptors (Lipinski definition) is 6. The minimum absolute atomic E-state index is 0.0760. The number of carbonyl (C=O) groups excluding carboxylic acids is 1. The number of ketones is 1. The van der Waals surface area contributed by atoms with Crippen LogP contribution in [-0.2, 0) is 4.84 Å². The molecule has 6 nitrogen and oxygen atoms in total. The number of carbonyl (C=O) groups is 1. The Morgan fingerprint density at radius 1 is 1.29 bits per heavy atom. The first kappa shape index (κ1) is 21.8. The van der Waals surface area contributed by atoms with E-state index < -0.39 is 0 Å². The Bertz CT molecular complexity index is 998. The molecule has 0 radical (unpaired) electrons. The highest BCUT2D eigenvalue weighted by atomic mass is 35.5. The molecule has 1 saturated heterocycles. The van der Waals surface area contributed by atoms with Gasteiger partial charge in [-0.2, -0.15) is 0 Å². The molecule has 0 aliphatic carbocycles. The Morgan fingerprint density at radius 3 is 2.81 bits per heavy atom. The second-order valence-electron chi connectivity index (χ2n) is 7.85. The first-order valence-corrected chi connectivity index (χ1v) is 11.8. The van der Waals surface area contributed by atoms with Gasteiger partial charge in [0, 0.05) is 37.1 Å². The number of thiophene rings is 1. The van der Waals surface area contributed by atoms with Gasteiger partial charge >= 0.3 is 0 Å². The van der Waals surface area contributed by atoms with Crippen LogP contribution in [0.2, 0.25) is 4.34 Å². The number of amidine groups is 1. The first-order valence-electron chi connectivity index (χ1n) is 10.6. The van der Waals surface area contributed by atoms with E-state index in [9.17, 15) is 4.79 Å². The zero-order chi connectivity index (χ0) is 21.8. The van der Waals surface area contributed by atoms with Crippen LogP contribution in [0.3, 0.4) is 0 Å². The lowest BCUT2D eigenvalue weighted by Gasteiger charge is -2.29. The third kappa shape index (κ3) is 5.10. The van der Waals surface area contributed by atoms with E-state index in [1.807, 2.05) is 18.2 Å². The van der Waals surface area contributed by atoms with Crippen LogP contribution >= 0.6 is 22.9 Å². The largest absolute Gasteiger partial charge is 0.496 e. The third-order valence-corrected chi connectivity index (χ3v) is 7.00. The van der Waals surface area contributed by atoms with Gasteiger partial charge in [0.1, 0.15) is 17.7 Å². The normalized spacial score (nSPS) is 18.5. The number of likely N-dealkylation sites (tertiary alicyclic amines) is 1. The topological polar surface area (TPSA) is 75.0 Å². The number of benzene rings is 1. The first-order chi connectivity index (χ1) is 15.0. The monoisotopic (exact) mass is 459 g/mol. The van der Waals surface area contributed by atoms with Gasteiger partial charge in [0.25, 0.3) is 0 Å². The number of oxime groups is 1. The number of rotatable bonds is 7. The third-order valence-electron chi connectivity index (χ3n) is 5.73. The zero-order valence-electron chi connectivity index (χ0n) is 17.5. The number of halogens is 1. The maximum atomic E-state index is 12.3. The van der Waals surface area contributed by atoms with E-state index >= 15 is 0 Å². The lowest BCUT2D eigenvalue weighted by Crippen LogP contribution is -2.35. The Balaban J connectivity index is 1.38. The van der Waals surface area contributed by atoms with E-state index in [0.717, 1.165) is 42.8 Å². The summed E-state index contributed by atoms with van der Waals surface area (Å²) in [4.78, 5) is 20.7. The summed E-state index contributed by atoms with van der Waals surface area (Å²) < 4.78 is 6.23. The van der Waals surface area contributed by atoms with Crippen molar-refractivity contribution < 1.29 is 14.4 Å². The van der Waals surface area contributed by atoms with E-state index in [4.69, 9.17) is 26.6 Å². The number of methoxy groups -OCH3 is 1.